The number of benzene rings is 2. The second kappa shape index (κ2) is 8.42. The normalized spacial score (nSPS) is 11.0. The van der Waals surface area contributed by atoms with Crippen molar-refractivity contribution in [3.05, 3.63) is 75.7 Å². The van der Waals surface area contributed by atoms with E-state index in [0.717, 1.165) is 30.6 Å². The monoisotopic (exact) mass is 376 g/mol. The van der Waals surface area contributed by atoms with Gasteiger partial charge < -0.3 is 4.90 Å². The first-order valence-electron chi connectivity index (χ1n) is 9.99. The van der Waals surface area contributed by atoms with Crippen LogP contribution in [0.4, 0.5) is 0 Å². The van der Waals surface area contributed by atoms with Gasteiger partial charge in [-0.2, -0.15) is 0 Å². The summed E-state index contributed by atoms with van der Waals surface area (Å²) in [7, 11) is 0. The number of rotatable bonds is 6. The summed E-state index contributed by atoms with van der Waals surface area (Å²) in [6.07, 6.45) is 3.71. The van der Waals surface area contributed by atoms with E-state index in [4.69, 9.17) is 0 Å². The number of unbranched alkanes of at least 4 members (excludes halogenated alkanes) is 1. The molecule has 0 bridgehead atoms. The highest BCUT2D eigenvalue weighted by Gasteiger charge is 2.19. The first kappa shape index (κ1) is 19.9. The molecule has 0 unspecified atom stereocenters. The summed E-state index contributed by atoms with van der Waals surface area (Å²) in [5.41, 5.74) is 3.54. The van der Waals surface area contributed by atoms with Crippen molar-refractivity contribution in [1.29, 1.82) is 0 Å². The molecule has 3 aromatic rings. The van der Waals surface area contributed by atoms with Crippen LogP contribution >= 0.6 is 0 Å². The topological polar surface area (TPSA) is 42.3 Å². The van der Waals surface area contributed by atoms with Crippen molar-refractivity contribution < 1.29 is 4.79 Å². The SMILES string of the molecule is CCCCN(CC)C(=O)c1cn(-c2ccc(C)c(C)c2)c(=O)c2ccccc12. The van der Waals surface area contributed by atoms with E-state index >= 15 is 0 Å². The van der Waals surface area contributed by atoms with Crippen molar-refractivity contribution in [2.45, 2.75) is 40.5 Å². The molecule has 0 fully saturated rings. The number of carbonyl (C=O) groups excluding carboxylic acids is 1. The van der Waals surface area contributed by atoms with Crippen LogP contribution in [0.2, 0.25) is 0 Å². The van der Waals surface area contributed by atoms with Crippen LogP contribution in [-0.2, 0) is 0 Å². The fourth-order valence-electron chi connectivity index (χ4n) is 3.45. The molecule has 0 aliphatic rings. The Hall–Kier alpha value is -2.88. The van der Waals surface area contributed by atoms with Gasteiger partial charge in [-0.05, 0) is 56.5 Å². The van der Waals surface area contributed by atoms with Crippen LogP contribution in [0.1, 0.15) is 48.2 Å². The molecule has 0 saturated carbocycles. The van der Waals surface area contributed by atoms with Gasteiger partial charge in [0, 0.05) is 35.7 Å². The first-order valence-corrected chi connectivity index (χ1v) is 9.99. The summed E-state index contributed by atoms with van der Waals surface area (Å²) in [6.45, 7) is 9.56. The average molecular weight is 377 g/mol. The van der Waals surface area contributed by atoms with E-state index in [1.807, 2.05) is 62.1 Å². The molecule has 0 radical (unpaired) electrons. The number of carbonyl (C=O) groups is 1. The van der Waals surface area contributed by atoms with Gasteiger partial charge in [-0.15, -0.1) is 0 Å². The summed E-state index contributed by atoms with van der Waals surface area (Å²) in [5, 5.41) is 1.28. The molecular formula is C24H28N2O2. The van der Waals surface area contributed by atoms with Crippen molar-refractivity contribution in [1.82, 2.24) is 9.47 Å². The Kier molecular flexibility index (Phi) is 5.98. The Bertz CT molecular complexity index is 1070. The zero-order chi connectivity index (χ0) is 20.3. The van der Waals surface area contributed by atoms with Gasteiger partial charge in [0.05, 0.1) is 5.56 Å². The van der Waals surface area contributed by atoms with Crippen molar-refractivity contribution >= 4 is 16.7 Å². The van der Waals surface area contributed by atoms with E-state index in [9.17, 15) is 9.59 Å². The molecule has 1 aromatic heterocycles. The standard InChI is InChI=1S/C24H28N2O2/c1-5-7-14-25(6-2)23(27)22-16-26(19-13-12-17(3)18(4)15-19)24(28)21-11-9-8-10-20(21)22/h8-13,15-16H,5-7,14H2,1-4H3. The molecule has 0 aliphatic carbocycles. The molecule has 0 spiro atoms. The van der Waals surface area contributed by atoms with Gasteiger partial charge in [-0.3, -0.25) is 14.2 Å². The molecule has 146 valence electrons. The fraction of sp³-hybridized carbons (Fsp3) is 0.333. The second-order valence-corrected chi connectivity index (χ2v) is 7.27. The summed E-state index contributed by atoms with van der Waals surface area (Å²) in [4.78, 5) is 28.3. The summed E-state index contributed by atoms with van der Waals surface area (Å²) in [5.74, 6) is -0.0234. The van der Waals surface area contributed by atoms with Crippen LogP contribution in [0.5, 0.6) is 0 Å². The largest absolute Gasteiger partial charge is 0.339 e. The molecule has 1 amide bonds. The van der Waals surface area contributed by atoms with Gasteiger partial charge in [0.25, 0.3) is 11.5 Å². The molecule has 0 saturated heterocycles. The van der Waals surface area contributed by atoms with E-state index in [-0.39, 0.29) is 11.5 Å². The van der Waals surface area contributed by atoms with Crippen molar-refractivity contribution in [2.75, 3.05) is 13.1 Å². The Morgan fingerprint density at radius 1 is 1.00 bits per heavy atom. The quantitative estimate of drug-likeness (QED) is 0.616. The third-order valence-corrected chi connectivity index (χ3v) is 5.37. The van der Waals surface area contributed by atoms with Crippen LogP contribution in [0, 0.1) is 13.8 Å². The van der Waals surface area contributed by atoms with Crippen molar-refractivity contribution in [2.24, 2.45) is 0 Å². The number of hydrogen-bond donors (Lipinski definition) is 0. The van der Waals surface area contributed by atoms with Crippen LogP contribution < -0.4 is 5.56 Å². The molecule has 2 aromatic carbocycles. The number of hydrogen-bond acceptors (Lipinski definition) is 2. The predicted molar refractivity (Wildman–Crippen MR) is 116 cm³/mol. The lowest BCUT2D eigenvalue weighted by atomic mass is 10.0. The number of pyridine rings is 1. The van der Waals surface area contributed by atoms with E-state index in [0.29, 0.717) is 22.9 Å². The Morgan fingerprint density at radius 2 is 1.71 bits per heavy atom. The van der Waals surface area contributed by atoms with Gasteiger partial charge >= 0.3 is 0 Å². The highest BCUT2D eigenvalue weighted by molar-refractivity contribution is 6.06. The Labute approximate surface area is 166 Å². The zero-order valence-corrected chi connectivity index (χ0v) is 17.2. The minimum absolute atomic E-state index is 0.0234. The molecule has 4 heteroatoms. The minimum Gasteiger partial charge on any atom is -0.339 e. The van der Waals surface area contributed by atoms with Gasteiger partial charge in [-0.25, -0.2) is 0 Å². The molecule has 1 heterocycles. The van der Waals surface area contributed by atoms with Gasteiger partial charge in [0.2, 0.25) is 0 Å². The highest BCUT2D eigenvalue weighted by Crippen LogP contribution is 2.21. The lowest BCUT2D eigenvalue weighted by Gasteiger charge is -2.22. The molecular weight excluding hydrogens is 348 g/mol. The number of amides is 1. The lowest BCUT2D eigenvalue weighted by molar-refractivity contribution is 0.0763. The Morgan fingerprint density at radius 3 is 2.36 bits per heavy atom. The molecule has 3 rings (SSSR count). The summed E-state index contributed by atoms with van der Waals surface area (Å²) < 4.78 is 1.61. The first-order chi connectivity index (χ1) is 13.5. The summed E-state index contributed by atoms with van der Waals surface area (Å²) in [6, 6.07) is 13.3. The predicted octanol–water partition coefficient (Wildman–Crippen LogP) is 4.87. The molecule has 0 N–H and O–H groups in total. The molecule has 4 nitrogen and oxygen atoms in total. The van der Waals surface area contributed by atoms with Crippen molar-refractivity contribution in [3.63, 3.8) is 0 Å². The number of aromatic nitrogens is 1. The highest BCUT2D eigenvalue weighted by atomic mass is 16.2. The number of fused-ring (bicyclic) bond motifs is 1. The third-order valence-electron chi connectivity index (χ3n) is 5.37. The van der Waals surface area contributed by atoms with E-state index in [1.165, 1.54) is 5.56 Å². The van der Waals surface area contributed by atoms with Gasteiger partial charge in [0.15, 0.2) is 0 Å². The smallest absolute Gasteiger partial charge is 0.262 e. The maximum atomic E-state index is 13.3. The van der Waals surface area contributed by atoms with Crippen LogP contribution in [-0.4, -0.2) is 28.5 Å². The van der Waals surface area contributed by atoms with E-state index in [1.54, 1.807) is 16.8 Å². The minimum atomic E-state index is -0.105. The van der Waals surface area contributed by atoms with E-state index < -0.39 is 0 Å². The number of nitrogens with zero attached hydrogens (tertiary/aromatic N) is 2. The molecule has 0 atom stereocenters. The fourth-order valence-corrected chi connectivity index (χ4v) is 3.45. The average Bonchev–Trinajstić information content (AvgIpc) is 2.71. The van der Waals surface area contributed by atoms with Crippen LogP contribution in [0.25, 0.3) is 16.5 Å². The van der Waals surface area contributed by atoms with Crippen molar-refractivity contribution in [3.8, 4) is 5.69 Å². The van der Waals surface area contributed by atoms with Gasteiger partial charge in [-0.1, -0.05) is 37.6 Å². The van der Waals surface area contributed by atoms with E-state index in [2.05, 4.69) is 6.92 Å². The maximum absolute atomic E-state index is 13.3. The second-order valence-electron chi connectivity index (χ2n) is 7.27. The Balaban J connectivity index is 2.22. The molecule has 0 aliphatic heterocycles. The lowest BCUT2D eigenvalue weighted by Crippen LogP contribution is -2.33. The summed E-state index contributed by atoms with van der Waals surface area (Å²) >= 11 is 0. The third kappa shape index (κ3) is 3.72. The van der Waals surface area contributed by atoms with Crippen LogP contribution in [0.3, 0.4) is 0 Å². The number of aryl methyl sites for hydroxylation is 2. The van der Waals surface area contributed by atoms with Crippen LogP contribution in [0.15, 0.2) is 53.5 Å². The van der Waals surface area contributed by atoms with Gasteiger partial charge in [0.1, 0.15) is 0 Å². The zero-order valence-electron chi connectivity index (χ0n) is 17.2. The maximum Gasteiger partial charge on any atom is 0.262 e. The molecule has 28 heavy (non-hydrogen) atoms.